The molecule has 4 heteroatoms. The molecular weight excluding hydrogens is 202 g/mol. The first-order valence-electron chi connectivity index (χ1n) is 5.96. The molecule has 0 aromatic carbocycles. The van der Waals surface area contributed by atoms with Crippen molar-refractivity contribution in [3.05, 3.63) is 17.5 Å². The summed E-state index contributed by atoms with van der Waals surface area (Å²) in [6, 6.07) is 2.13. The van der Waals surface area contributed by atoms with Crippen molar-refractivity contribution in [1.29, 1.82) is 0 Å². The molecule has 90 valence electrons. The molecule has 0 spiro atoms. The minimum atomic E-state index is -0.121. The third kappa shape index (κ3) is 2.44. The van der Waals surface area contributed by atoms with E-state index in [0.29, 0.717) is 5.92 Å². The summed E-state index contributed by atoms with van der Waals surface area (Å²) >= 11 is 0. The zero-order valence-electron chi connectivity index (χ0n) is 10.3. The standard InChI is InChI=1S/C12H21N3O/c1-9-7-15(5-4-12(9)16)8-11-6-10(2)13-14(11)3/h6,9,12,16H,4-5,7-8H2,1-3H3. The largest absolute Gasteiger partial charge is 0.393 e. The maximum absolute atomic E-state index is 9.68. The molecule has 16 heavy (non-hydrogen) atoms. The van der Waals surface area contributed by atoms with Gasteiger partial charge in [0.05, 0.1) is 17.5 Å². The number of likely N-dealkylation sites (tertiary alicyclic amines) is 1. The SMILES string of the molecule is Cc1cc(CN2CCC(O)C(C)C2)n(C)n1. The average molecular weight is 223 g/mol. The third-order valence-corrected chi connectivity index (χ3v) is 3.43. The van der Waals surface area contributed by atoms with Crippen LogP contribution in [0.2, 0.25) is 0 Å². The molecule has 0 saturated carbocycles. The van der Waals surface area contributed by atoms with Crippen LogP contribution in [0.1, 0.15) is 24.7 Å². The van der Waals surface area contributed by atoms with Crippen LogP contribution in [0.15, 0.2) is 6.07 Å². The molecule has 1 aliphatic rings. The van der Waals surface area contributed by atoms with Crippen LogP contribution >= 0.6 is 0 Å². The van der Waals surface area contributed by atoms with Crippen LogP contribution in [0.3, 0.4) is 0 Å². The van der Waals surface area contributed by atoms with E-state index in [1.807, 2.05) is 18.7 Å². The second-order valence-electron chi connectivity index (χ2n) is 4.97. The van der Waals surface area contributed by atoms with Crippen LogP contribution in [0.25, 0.3) is 0 Å². The van der Waals surface area contributed by atoms with Crippen molar-refractivity contribution in [2.24, 2.45) is 13.0 Å². The molecule has 0 amide bonds. The van der Waals surface area contributed by atoms with Gasteiger partial charge in [0.15, 0.2) is 0 Å². The predicted octanol–water partition coefficient (Wildman–Crippen LogP) is 0.931. The Kier molecular flexibility index (Phi) is 3.30. The lowest BCUT2D eigenvalue weighted by molar-refractivity contribution is 0.0311. The van der Waals surface area contributed by atoms with E-state index in [-0.39, 0.29) is 6.10 Å². The highest BCUT2D eigenvalue weighted by molar-refractivity contribution is 5.08. The van der Waals surface area contributed by atoms with Crippen molar-refractivity contribution in [3.8, 4) is 0 Å². The van der Waals surface area contributed by atoms with Gasteiger partial charge in [-0.2, -0.15) is 5.10 Å². The first-order chi connectivity index (χ1) is 7.56. The Hall–Kier alpha value is -0.870. The summed E-state index contributed by atoms with van der Waals surface area (Å²) in [7, 11) is 1.99. The number of hydrogen-bond donors (Lipinski definition) is 1. The van der Waals surface area contributed by atoms with E-state index in [4.69, 9.17) is 0 Å². The Morgan fingerprint density at radius 1 is 1.56 bits per heavy atom. The van der Waals surface area contributed by atoms with Gasteiger partial charge in [0.1, 0.15) is 0 Å². The van der Waals surface area contributed by atoms with Crippen LogP contribution in [0, 0.1) is 12.8 Å². The van der Waals surface area contributed by atoms with Gasteiger partial charge in [-0.05, 0) is 25.3 Å². The summed E-state index contributed by atoms with van der Waals surface area (Å²) in [5, 5.41) is 14.0. The minimum absolute atomic E-state index is 0.121. The van der Waals surface area contributed by atoms with Crippen molar-refractivity contribution in [2.45, 2.75) is 32.9 Å². The zero-order chi connectivity index (χ0) is 11.7. The number of piperidine rings is 1. The topological polar surface area (TPSA) is 41.3 Å². The summed E-state index contributed by atoms with van der Waals surface area (Å²) < 4.78 is 1.95. The zero-order valence-corrected chi connectivity index (χ0v) is 10.3. The molecule has 0 radical (unpaired) electrons. The molecule has 0 bridgehead atoms. The van der Waals surface area contributed by atoms with Crippen LogP contribution in [-0.4, -0.2) is 39.0 Å². The lowest BCUT2D eigenvalue weighted by Crippen LogP contribution is -2.41. The number of nitrogens with zero attached hydrogens (tertiary/aromatic N) is 3. The molecular formula is C12H21N3O. The second-order valence-corrected chi connectivity index (χ2v) is 4.97. The molecule has 2 rings (SSSR count). The molecule has 1 aliphatic heterocycles. The molecule has 2 unspecified atom stereocenters. The molecule has 4 nitrogen and oxygen atoms in total. The van der Waals surface area contributed by atoms with Gasteiger partial charge in [-0.15, -0.1) is 0 Å². The fourth-order valence-corrected chi connectivity index (χ4v) is 2.40. The van der Waals surface area contributed by atoms with Crippen molar-refractivity contribution >= 4 is 0 Å². The third-order valence-electron chi connectivity index (χ3n) is 3.43. The molecule has 1 aromatic heterocycles. The van der Waals surface area contributed by atoms with Gasteiger partial charge in [-0.3, -0.25) is 9.58 Å². The number of aromatic nitrogens is 2. The lowest BCUT2D eigenvalue weighted by Gasteiger charge is -2.34. The fourth-order valence-electron chi connectivity index (χ4n) is 2.40. The van der Waals surface area contributed by atoms with E-state index in [9.17, 15) is 5.11 Å². The van der Waals surface area contributed by atoms with Crippen molar-refractivity contribution < 1.29 is 5.11 Å². The fraction of sp³-hybridized carbons (Fsp3) is 0.750. The van der Waals surface area contributed by atoms with Gasteiger partial charge in [-0.1, -0.05) is 6.92 Å². The van der Waals surface area contributed by atoms with Crippen molar-refractivity contribution in [1.82, 2.24) is 14.7 Å². The number of rotatable bonds is 2. The van der Waals surface area contributed by atoms with Crippen molar-refractivity contribution in [3.63, 3.8) is 0 Å². The maximum Gasteiger partial charge on any atom is 0.0597 e. The smallest absolute Gasteiger partial charge is 0.0597 e. The Labute approximate surface area is 96.9 Å². The summed E-state index contributed by atoms with van der Waals surface area (Å²) in [6.45, 7) is 7.03. The Balaban J connectivity index is 1.98. The van der Waals surface area contributed by atoms with E-state index >= 15 is 0 Å². The maximum atomic E-state index is 9.68. The van der Waals surface area contributed by atoms with E-state index in [2.05, 4.69) is 23.0 Å². The Morgan fingerprint density at radius 3 is 2.88 bits per heavy atom. The van der Waals surface area contributed by atoms with E-state index < -0.39 is 0 Å². The van der Waals surface area contributed by atoms with Crippen LogP contribution in [-0.2, 0) is 13.6 Å². The molecule has 1 N–H and O–H groups in total. The summed E-state index contributed by atoms with van der Waals surface area (Å²) in [4.78, 5) is 2.40. The molecule has 1 saturated heterocycles. The molecule has 1 fully saturated rings. The van der Waals surface area contributed by atoms with Gasteiger partial charge >= 0.3 is 0 Å². The van der Waals surface area contributed by atoms with Gasteiger partial charge in [0.25, 0.3) is 0 Å². The van der Waals surface area contributed by atoms with E-state index in [1.54, 1.807) is 0 Å². The minimum Gasteiger partial charge on any atom is -0.393 e. The normalized spacial score (nSPS) is 27.2. The summed E-state index contributed by atoms with van der Waals surface area (Å²) in [5.41, 5.74) is 2.32. The monoisotopic (exact) mass is 223 g/mol. The lowest BCUT2D eigenvalue weighted by atomic mass is 9.97. The highest BCUT2D eigenvalue weighted by Crippen LogP contribution is 2.18. The molecule has 2 heterocycles. The van der Waals surface area contributed by atoms with Crippen LogP contribution in [0.5, 0.6) is 0 Å². The Bertz CT molecular complexity index is 361. The summed E-state index contributed by atoms with van der Waals surface area (Å²) in [5.74, 6) is 0.378. The van der Waals surface area contributed by atoms with Crippen LogP contribution < -0.4 is 0 Å². The number of aryl methyl sites for hydroxylation is 2. The van der Waals surface area contributed by atoms with Gasteiger partial charge in [-0.25, -0.2) is 0 Å². The van der Waals surface area contributed by atoms with Gasteiger partial charge in [0.2, 0.25) is 0 Å². The quantitative estimate of drug-likeness (QED) is 0.811. The molecule has 0 aliphatic carbocycles. The molecule has 1 aromatic rings. The second kappa shape index (κ2) is 4.55. The highest BCUT2D eigenvalue weighted by Gasteiger charge is 2.24. The number of aliphatic hydroxyl groups excluding tert-OH is 1. The first kappa shape index (κ1) is 11.6. The first-order valence-corrected chi connectivity index (χ1v) is 5.96. The van der Waals surface area contributed by atoms with Gasteiger partial charge in [0, 0.05) is 26.7 Å². The van der Waals surface area contributed by atoms with Crippen molar-refractivity contribution in [2.75, 3.05) is 13.1 Å². The highest BCUT2D eigenvalue weighted by atomic mass is 16.3. The van der Waals surface area contributed by atoms with Gasteiger partial charge < -0.3 is 5.11 Å². The van der Waals surface area contributed by atoms with Crippen LogP contribution in [0.4, 0.5) is 0 Å². The average Bonchev–Trinajstić information content (AvgIpc) is 2.51. The number of hydrogen-bond acceptors (Lipinski definition) is 3. The van der Waals surface area contributed by atoms with E-state index in [1.165, 1.54) is 5.69 Å². The van der Waals surface area contributed by atoms with E-state index in [0.717, 1.165) is 31.7 Å². The Morgan fingerprint density at radius 2 is 2.31 bits per heavy atom. The predicted molar refractivity (Wildman–Crippen MR) is 63.0 cm³/mol. The summed E-state index contributed by atoms with van der Waals surface area (Å²) in [6.07, 6.45) is 0.766. The number of aliphatic hydroxyl groups is 1. The molecule has 2 atom stereocenters.